The van der Waals surface area contributed by atoms with Crippen molar-refractivity contribution < 1.29 is 0 Å². The summed E-state index contributed by atoms with van der Waals surface area (Å²) in [6, 6.07) is 4.29. The first-order valence-electron chi connectivity index (χ1n) is 4.68. The number of fused-ring (bicyclic) bond motifs is 1. The average Bonchev–Trinajstić information content (AvgIpc) is 2.56. The molecule has 5 heteroatoms. The third-order valence-corrected chi connectivity index (χ3v) is 14.3. The van der Waals surface area contributed by atoms with Crippen molar-refractivity contribution in [3.05, 3.63) is 29.6 Å². The van der Waals surface area contributed by atoms with Crippen molar-refractivity contribution >= 4 is 33.1 Å². The SMILES string of the molecule is C[C@H]1c2ncccc2C[C@@H]1P(P)PP. The molecular weight excluding hydrogens is 246 g/mol. The van der Waals surface area contributed by atoms with Crippen molar-refractivity contribution in [3.63, 3.8) is 0 Å². The Balaban J connectivity index is 2.25. The van der Waals surface area contributed by atoms with E-state index in [4.69, 9.17) is 0 Å². The van der Waals surface area contributed by atoms with Crippen LogP contribution in [-0.2, 0) is 6.42 Å². The molecule has 0 bridgehead atoms. The summed E-state index contributed by atoms with van der Waals surface area (Å²) < 4.78 is 0. The van der Waals surface area contributed by atoms with Gasteiger partial charge in [0, 0.05) is 17.8 Å². The van der Waals surface area contributed by atoms with Crippen molar-refractivity contribution in [2.45, 2.75) is 24.9 Å². The summed E-state index contributed by atoms with van der Waals surface area (Å²) in [5.41, 5.74) is 3.65. The summed E-state index contributed by atoms with van der Waals surface area (Å²) in [7, 11) is 7.04. The Morgan fingerprint density at radius 3 is 3.07 bits per heavy atom. The van der Waals surface area contributed by atoms with Crippen LogP contribution < -0.4 is 0 Å². The first kappa shape index (κ1) is 11.4. The van der Waals surface area contributed by atoms with Gasteiger partial charge in [0.2, 0.25) is 0 Å². The minimum Gasteiger partial charge on any atom is -0.261 e. The molecule has 0 aromatic carbocycles. The average molecular weight is 261 g/mol. The summed E-state index contributed by atoms with van der Waals surface area (Å²) in [6.07, 6.45) is 3.16. The molecule has 1 aromatic rings. The molecule has 1 aliphatic rings. The summed E-state index contributed by atoms with van der Waals surface area (Å²) in [5.74, 6) is 0.655. The molecule has 0 saturated carbocycles. The molecule has 2 rings (SSSR count). The van der Waals surface area contributed by atoms with Gasteiger partial charge in [-0.05, 0) is 23.7 Å². The van der Waals surface area contributed by atoms with E-state index >= 15 is 0 Å². The number of rotatable bonds is 2. The van der Waals surface area contributed by atoms with E-state index in [1.807, 2.05) is 6.20 Å². The highest BCUT2D eigenvalue weighted by atomic mass is 32.6. The summed E-state index contributed by atoms with van der Waals surface area (Å²) in [5, 5.41) is 0. The van der Waals surface area contributed by atoms with E-state index in [0.29, 0.717) is 5.92 Å². The predicted molar refractivity (Wildman–Crippen MR) is 74.8 cm³/mol. The Labute approximate surface area is 92.9 Å². The molecule has 0 radical (unpaired) electrons. The van der Waals surface area contributed by atoms with E-state index in [0.717, 1.165) is 13.6 Å². The minimum atomic E-state index is 0.102. The molecule has 0 N–H and O–H groups in total. The molecular formula is C9H15NP4. The standard InChI is InChI=1S/C9H15NP4/c1-6-8(14(12)13-11)5-7-3-2-4-10-9(6)7/h2-4,6,8,13H,5,11-12H2,1H3/t6-,8+,14?/m1/s1. The Kier molecular flexibility index (Phi) is 3.90. The second-order valence-corrected chi connectivity index (χ2v) is 13.2. The lowest BCUT2D eigenvalue weighted by Gasteiger charge is -2.21. The highest BCUT2D eigenvalue weighted by Crippen LogP contribution is 2.72. The molecule has 6 atom stereocenters. The van der Waals surface area contributed by atoms with Crippen LogP contribution in [0, 0.1) is 0 Å². The molecule has 0 spiro atoms. The van der Waals surface area contributed by atoms with Crippen LogP contribution in [0.5, 0.6) is 0 Å². The van der Waals surface area contributed by atoms with Gasteiger partial charge in [-0.15, -0.1) is 17.9 Å². The normalized spacial score (nSPS) is 28.2. The van der Waals surface area contributed by atoms with Crippen LogP contribution in [0.15, 0.2) is 18.3 Å². The Bertz CT molecular complexity index is 330. The number of hydrogen-bond donors (Lipinski definition) is 0. The zero-order chi connectivity index (χ0) is 10.1. The van der Waals surface area contributed by atoms with Gasteiger partial charge in [0.15, 0.2) is 0 Å². The van der Waals surface area contributed by atoms with Crippen LogP contribution in [0.1, 0.15) is 24.1 Å². The van der Waals surface area contributed by atoms with Gasteiger partial charge in [0.05, 0.1) is 0 Å². The van der Waals surface area contributed by atoms with Crippen LogP contribution in [0.4, 0.5) is 0 Å². The molecule has 1 nitrogen and oxygen atoms in total. The fraction of sp³-hybridized carbons (Fsp3) is 0.444. The fourth-order valence-electron chi connectivity index (χ4n) is 2.05. The number of hydrogen-bond acceptors (Lipinski definition) is 1. The highest BCUT2D eigenvalue weighted by molar-refractivity contribution is 8.61. The van der Waals surface area contributed by atoms with Gasteiger partial charge in [-0.3, -0.25) is 4.98 Å². The van der Waals surface area contributed by atoms with Crippen molar-refractivity contribution in [2.75, 3.05) is 0 Å². The number of aromatic nitrogens is 1. The van der Waals surface area contributed by atoms with E-state index in [1.54, 1.807) is 0 Å². The van der Waals surface area contributed by atoms with Crippen LogP contribution in [-0.4, -0.2) is 10.6 Å². The molecule has 1 aromatic heterocycles. The Morgan fingerprint density at radius 1 is 1.64 bits per heavy atom. The summed E-state index contributed by atoms with van der Waals surface area (Å²) in [6.45, 7) is 2.33. The second-order valence-electron chi connectivity index (χ2n) is 3.64. The largest absolute Gasteiger partial charge is 0.261 e. The third-order valence-electron chi connectivity index (χ3n) is 2.87. The van der Waals surface area contributed by atoms with Crippen molar-refractivity contribution in [3.8, 4) is 0 Å². The van der Waals surface area contributed by atoms with Crippen LogP contribution in [0.3, 0.4) is 0 Å². The van der Waals surface area contributed by atoms with E-state index in [2.05, 4.69) is 41.9 Å². The maximum Gasteiger partial charge on any atom is 0.0470 e. The molecule has 0 amide bonds. The Morgan fingerprint density at radius 2 is 2.43 bits per heavy atom. The zero-order valence-corrected chi connectivity index (χ0v) is 12.3. The number of nitrogens with zero attached hydrogens (tertiary/aromatic N) is 1. The zero-order valence-electron chi connectivity index (χ0n) is 8.14. The van der Waals surface area contributed by atoms with Gasteiger partial charge in [-0.2, -0.15) is 0 Å². The molecule has 1 aliphatic carbocycles. The summed E-state index contributed by atoms with van der Waals surface area (Å²) in [4.78, 5) is 4.50. The van der Waals surface area contributed by atoms with Gasteiger partial charge in [-0.1, -0.05) is 28.2 Å². The van der Waals surface area contributed by atoms with Gasteiger partial charge in [0.1, 0.15) is 0 Å². The van der Waals surface area contributed by atoms with Gasteiger partial charge >= 0.3 is 0 Å². The maximum absolute atomic E-state index is 4.50. The highest BCUT2D eigenvalue weighted by Gasteiger charge is 2.33. The first-order valence-corrected chi connectivity index (χ1v) is 11.4. The topological polar surface area (TPSA) is 12.9 Å². The van der Waals surface area contributed by atoms with Crippen LogP contribution >= 0.6 is 33.1 Å². The van der Waals surface area contributed by atoms with E-state index in [1.165, 1.54) is 17.7 Å². The van der Waals surface area contributed by atoms with Crippen LogP contribution in [0.2, 0.25) is 0 Å². The molecule has 4 unspecified atom stereocenters. The quantitative estimate of drug-likeness (QED) is 0.738. The molecule has 14 heavy (non-hydrogen) atoms. The molecule has 1 heterocycles. The van der Waals surface area contributed by atoms with E-state index < -0.39 is 0 Å². The number of pyridine rings is 1. The minimum absolute atomic E-state index is 0.102. The molecule has 0 aliphatic heterocycles. The molecule has 0 fully saturated rings. The van der Waals surface area contributed by atoms with Crippen molar-refractivity contribution in [1.82, 2.24) is 4.98 Å². The Hall–Kier alpha value is 0.870. The lowest BCUT2D eigenvalue weighted by molar-refractivity contribution is 0.747. The second kappa shape index (κ2) is 4.80. The van der Waals surface area contributed by atoms with Gasteiger partial charge in [0.25, 0.3) is 0 Å². The van der Waals surface area contributed by atoms with Gasteiger partial charge in [-0.25, -0.2) is 0 Å². The molecule has 76 valence electrons. The molecule has 0 saturated heterocycles. The van der Waals surface area contributed by atoms with E-state index in [9.17, 15) is 0 Å². The lowest BCUT2D eigenvalue weighted by Crippen LogP contribution is -2.05. The lowest BCUT2D eigenvalue weighted by atomic mass is 10.1. The fourth-order valence-corrected chi connectivity index (χ4v) is 7.59. The first-order chi connectivity index (χ1) is 6.74. The summed E-state index contributed by atoms with van der Waals surface area (Å²) >= 11 is 0. The monoisotopic (exact) mass is 261 g/mol. The smallest absolute Gasteiger partial charge is 0.0470 e. The van der Waals surface area contributed by atoms with E-state index in [-0.39, 0.29) is 7.30 Å². The van der Waals surface area contributed by atoms with Crippen LogP contribution in [0.25, 0.3) is 0 Å². The van der Waals surface area contributed by atoms with Crippen molar-refractivity contribution in [2.24, 2.45) is 0 Å². The van der Waals surface area contributed by atoms with Crippen molar-refractivity contribution in [1.29, 1.82) is 0 Å². The van der Waals surface area contributed by atoms with Gasteiger partial charge < -0.3 is 0 Å². The third kappa shape index (κ3) is 2.03. The maximum atomic E-state index is 4.50. The predicted octanol–water partition coefficient (Wildman–Crippen LogP) is 3.77.